The first-order valence-corrected chi connectivity index (χ1v) is 11.7. The molecule has 0 heterocycles. The second-order valence-corrected chi connectivity index (χ2v) is 9.81. The number of carbonyl (C=O) groups excluding carboxylic acids is 2. The van der Waals surface area contributed by atoms with Crippen LogP contribution in [0.15, 0.2) is 45.3 Å². The highest BCUT2D eigenvalue weighted by Gasteiger charge is 2.37. The second-order valence-electron chi connectivity index (χ2n) is 7.72. The van der Waals surface area contributed by atoms with E-state index in [9.17, 15) is 14.7 Å². The molecule has 2 aromatic carbocycles. The number of anilines is 1. The van der Waals surface area contributed by atoms with E-state index in [1.807, 2.05) is 32.9 Å². The SMILES string of the molecule is Cc1ccc(NC(=O)O[C@H](c2cc(Br)cc(Br)c2O)C(C)(C)CCOC(=O)CS)cc1. The third-order valence-corrected chi connectivity index (χ3v) is 6.03. The molecule has 0 bridgehead atoms. The van der Waals surface area contributed by atoms with Gasteiger partial charge in [-0.05, 0) is 53.5 Å². The van der Waals surface area contributed by atoms with Gasteiger partial charge in [0.05, 0.1) is 16.8 Å². The van der Waals surface area contributed by atoms with Crippen molar-refractivity contribution in [3.63, 3.8) is 0 Å². The van der Waals surface area contributed by atoms with Crippen molar-refractivity contribution in [2.45, 2.75) is 33.3 Å². The van der Waals surface area contributed by atoms with Gasteiger partial charge in [0.25, 0.3) is 0 Å². The van der Waals surface area contributed by atoms with Gasteiger partial charge in [0.2, 0.25) is 0 Å². The van der Waals surface area contributed by atoms with Gasteiger partial charge in [-0.1, -0.05) is 47.5 Å². The number of phenols is 1. The predicted molar refractivity (Wildman–Crippen MR) is 131 cm³/mol. The molecule has 0 aromatic heterocycles. The average Bonchev–Trinajstić information content (AvgIpc) is 2.70. The lowest BCUT2D eigenvalue weighted by atomic mass is 9.79. The summed E-state index contributed by atoms with van der Waals surface area (Å²) >= 11 is 10.6. The number of halogens is 2. The van der Waals surface area contributed by atoms with Crippen molar-refractivity contribution in [3.05, 3.63) is 56.5 Å². The molecule has 2 rings (SSSR count). The summed E-state index contributed by atoms with van der Waals surface area (Å²) < 4.78 is 12.1. The Kier molecular flexibility index (Phi) is 9.27. The third kappa shape index (κ3) is 7.43. The second kappa shape index (κ2) is 11.2. The maximum absolute atomic E-state index is 12.7. The maximum Gasteiger partial charge on any atom is 0.412 e. The monoisotopic (exact) mass is 573 g/mol. The first-order chi connectivity index (χ1) is 14.5. The first kappa shape index (κ1) is 25.5. The summed E-state index contributed by atoms with van der Waals surface area (Å²) in [6.45, 7) is 5.83. The van der Waals surface area contributed by atoms with Crippen LogP contribution in [0.4, 0.5) is 10.5 Å². The van der Waals surface area contributed by atoms with Crippen LogP contribution >= 0.6 is 44.5 Å². The van der Waals surface area contributed by atoms with Gasteiger partial charge in [-0.15, -0.1) is 0 Å². The Hall–Kier alpha value is -1.71. The summed E-state index contributed by atoms with van der Waals surface area (Å²) in [4.78, 5) is 24.1. The molecule has 0 aliphatic heterocycles. The summed E-state index contributed by atoms with van der Waals surface area (Å²) in [7, 11) is 0. The molecule has 0 saturated carbocycles. The Morgan fingerprint density at radius 1 is 1.19 bits per heavy atom. The van der Waals surface area contributed by atoms with E-state index in [2.05, 4.69) is 49.8 Å². The average molecular weight is 575 g/mol. The Balaban J connectivity index is 2.30. The normalized spacial score (nSPS) is 12.2. The molecule has 0 radical (unpaired) electrons. The van der Waals surface area contributed by atoms with Crippen LogP contribution in [-0.2, 0) is 14.3 Å². The van der Waals surface area contributed by atoms with Gasteiger partial charge in [0, 0.05) is 21.1 Å². The van der Waals surface area contributed by atoms with E-state index in [1.54, 1.807) is 24.3 Å². The van der Waals surface area contributed by atoms with Crippen LogP contribution < -0.4 is 5.32 Å². The fraction of sp³-hybridized carbons (Fsp3) is 0.364. The molecule has 31 heavy (non-hydrogen) atoms. The van der Waals surface area contributed by atoms with Crippen LogP contribution in [0.3, 0.4) is 0 Å². The number of carbonyl (C=O) groups is 2. The molecule has 0 saturated heterocycles. The van der Waals surface area contributed by atoms with Gasteiger partial charge < -0.3 is 14.6 Å². The Morgan fingerprint density at radius 3 is 2.45 bits per heavy atom. The standard InChI is InChI=1S/C22H25Br2NO5S/c1-13-4-6-15(7-5-13)25-21(28)30-20(16-10-14(23)11-17(24)19(16)27)22(2,3)8-9-29-18(26)12-31/h4-7,10-11,20,27,31H,8-9,12H2,1-3H3,(H,25,28)/t20-/m1/s1. The number of esters is 1. The number of hydrogen-bond acceptors (Lipinski definition) is 6. The molecular formula is C22H25Br2NO5S. The van der Waals surface area contributed by atoms with Crippen LogP contribution in [0, 0.1) is 12.3 Å². The lowest BCUT2D eigenvalue weighted by Crippen LogP contribution is -2.30. The van der Waals surface area contributed by atoms with Crippen molar-refractivity contribution in [2.75, 3.05) is 17.7 Å². The summed E-state index contributed by atoms with van der Waals surface area (Å²) in [6.07, 6.45) is -1.11. The topological polar surface area (TPSA) is 84.9 Å². The zero-order valence-corrected chi connectivity index (χ0v) is 21.5. The molecule has 2 aromatic rings. The zero-order valence-electron chi connectivity index (χ0n) is 17.4. The van der Waals surface area contributed by atoms with Gasteiger partial charge in [-0.25, -0.2) is 4.79 Å². The van der Waals surface area contributed by atoms with Crippen molar-refractivity contribution >= 4 is 62.2 Å². The molecule has 168 valence electrons. The van der Waals surface area contributed by atoms with E-state index in [0.29, 0.717) is 26.6 Å². The Morgan fingerprint density at radius 2 is 1.84 bits per heavy atom. The number of ether oxygens (including phenoxy) is 2. The van der Waals surface area contributed by atoms with E-state index in [0.717, 1.165) is 5.56 Å². The molecule has 0 unspecified atom stereocenters. The number of rotatable bonds is 8. The van der Waals surface area contributed by atoms with Crippen LogP contribution in [0.1, 0.15) is 37.5 Å². The van der Waals surface area contributed by atoms with E-state index >= 15 is 0 Å². The van der Waals surface area contributed by atoms with Crippen LogP contribution in [0.25, 0.3) is 0 Å². The highest BCUT2D eigenvalue weighted by Crippen LogP contribution is 2.46. The van der Waals surface area contributed by atoms with Crippen molar-refractivity contribution in [2.24, 2.45) is 5.41 Å². The lowest BCUT2D eigenvalue weighted by Gasteiger charge is -2.34. The molecule has 0 spiro atoms. The lowest BCUT2D eigenvalue weighted by molar-refractivity contribution is -0.141. The van der Waals surface area contributed by atoms with Crippen LogP contribution in [0.2, 0.25) is 0 Å². The van der Waals surface area contributed by atoms with Crippen LogP contribution in [-0.4, -0.2) is 29.5 Å². The molecule has 9 heteroatoms. The molecule has 0 aliphatic carbocycles. The van der Waals surface area contributed by atoms with Gasteiger partial charge in [-0.2, -0.15) is 12.6 Å². The number of aromatic hydroxyl groups is 1. The largest absolute Gasteiger partial charge is 0.506 e. The van der Waals surface area contributed by atoms with E-state index in [4.69, 9.17) is 9.47 Å². The number of amides is 1. The minimum absolute atomic E-state index is 0.0152. The number of nitrogens with one attached hydrogen (secondary N) is 1. The van der Waals surface area contributed by atoms with Gasteiger partial charge in [0.15, 0.2) is 0 Å². The fourth-order valence-electron chi connectivity index (χ4n) is 2.93. The smallest absolute Gasteiger partial charge is 0.412 e. The number of benzene rings is 2. The van der Waals surface area contributed by atoms with Crippen molar-refractivity contribution < 1.29 is 24.2 Å². The predicted octanol–water partition coefficient (Wildman–Crippen LogP) is 6.40. The van der Waals surface area contributed by atoms with Crippen molar-refractivity contribution in [3.8, 4) is 5.75 Å². The minimum Gasteiger partial charge on any atom is -0.506 e. The number of phenolic OH excluding ortho intramolecular Hbond substituents is 1. The highest BCUT2D eigenvalue weighted by molar-refractivity contribution is 9.11. The number of thiol groups is 1. The first-order valence-electron chi connectivity index (χ1n) is 9.52. The quantitative estimate of drug-likeness (QED) is 0.251. The Labute approximate surface area is 204 Å². The minimum atomic E-state index is -0.832. The Bertz CT molecular complexity index is 934. The summed E-state index contributed by atoms with van der Waals surface area (Å²) in [5.74, 6) is -0.475. The van der Waals surface area contributed by atoms with Gasteiger partial charge >= 0.3 is 12.1 Å². The molecule has 1 amide bonds. The zero-order chi connectivity index (χ0) is 23.2. The molecule has 6 nitrogen and oxygen atoms in total. The molecule has 0 aliphatic rings. The highest BCUT2D eigenvalue weighted by atomic mass is 79.9. The molecule has 0 fully saturated rings. The van der Waals surface area contributed by atoms with Gasteiger partial charge in [-0.3, -0.25) is 10.1 Å². The molecule has 1 atom stereocenters. The van der Waals surface area contributed by atoms with Crippen LogP contribution in [0.5, 0.6) is 5.75 Å². The van der Waals surface area contributed by atoms with Gasteiger partial charge in [0.1, 0.15) is 11.9 Å². The summed E-state index contributed by atoms with van der Waals surface area (Å²) in [6, 6.07) is 10.7. The maximum atomic E-state index is 12.7. The van der Waals surface area contributed by atoms with E-state index < -0.39 is 23.6 Å². The molecule has 2 N–H and O–H groups in total. The van der Waals surface area contributed by atoms with E-state index in [1.165, 1.54) is 0 Å². The van der Waals surface area contributed by atoms with Crippen molar-refractivity contribution in [1.82, 2.24) is 0 Å². The number of hydrogen-bond donors (Lipinski definition) is 3. The fourth-order valence-corrected chi connectivity index (χ4v) is 4.28. The molecular weight excluding hydrogens is 550 g/mol. The third-order valence-electron chi connectivity index (χ3n) is 4.71. The van der Waals surface area contributed by atoms with Crippen molar-refractivity contribution in [1.29, 1.82) is 0 Å². The summed E-state index contributed by atoms with van der Waals surface area (Å²) in [5, 5.41) is 13.4. The van der Waals surface area contributed by atoms with E-state index in [-0.39, 0.29) is 18.1 Å². The number of aryl methyl sites for hydroxylation is 1. The summed E-state index contributed by atoms with van der Waals surface area (Å²) in [5.41, 5.74) is 1.40.